The normalized spacial score (nSPS) is 11.8. The predicted molar refractivity (Wildman–Crippen MR) is 108 cm³/mol. The molecule has 0 aliphatic rings. The number of nitrogens with zero attached hydrogens (tertiary/aromatic N) is 2. The van der Waals surface area contributed by atoms with Crippen molar-refractivity contribution in [2.75, 3.05) is 17.7 Å². The molecule has 1 heterocycles. The second-order valence-electron chi connectivity index (χ2n) is 5.72. The highest BCUT2D eigenvalue weighted by Crippen LogP contribution is 2.28. The Balaban J connectivity index is 1.42. The summed E-state index contributed by atoms with van der Waals surface area (Å²) < 4.78 is 6.33. The number of rotatable bonds is 9. The Kier molecular flexibility index (Phi) is 6.80. The van der Waals surface area contributed by atoms with E-state index in [-0.39, 0.29) is 12.4 Å². The van der Waals surface area contributed by atoms with Crippen LogP contribution in [0.15, 0.2) is 58.9 Å². The van der Waals surface area contributed by atoms with E-state index in [0.29, 0.717) is 22.2 Å². The standard InChI is InChI=1S/C19H19N3O3S2/c1-13(23)14-7-9-17(10-8-14)25-11-16(24)12-26-19-22-21-18(27-19)20-15-5-3-2-4-6-15/h2-10,16,24H,11-12H2,1H3,(H,20,21). The van der Waals surface area contributed by atoms with Gasteiger partial charge in [0.05, 0.1) is 6.10 Å². The highest BCUT2D eigenvalue weighted by molar-refractivity contribution is 8.01. The summed E-state index contributed by atoms with van der Waals surface area (Å²) in [6.45, 7) is 1.69. The molecule has 2 aromatic carbocycles. The van der Waals surface area contributed by atoms with Crippen molar-refractivity contribution < 1.29 is 14.6 Å². The number of para-hydroxylation sites is 1. The molecule has 0 fully saturated rings. The number of ketones is 1. The molecule has 0 radical (unpaired) electrons. The number of benzene rings is 2. The van der Waals surface area contributed by atoms with Crippen molar-refractivity contribution in [3.05, 3.63) is 60.2 Å². The molecule has 140 valence electrons. The minimum absolute atomic E-state index is 0.0103. The van der Waals surface area contributed by atoms with Gasteiger partial charge in [0.2, 0.25) is 5.13 Å². The van der Waals surface area contributed by atoms with Crippen LogP contribution in [0.3, 0.4) is 0 Å². The number of thioether (sulfide) groups is 1. The van der Waals surface area contributed by atoms with Crippen molar-refractivity contribution in [3.8, 4) is 5.75 Å². The van der Waals surface area contributed by atoms with E-state index in [1.165, 1.54) is 30.0 Å². The van der Waals surface area contributed by atoms with Crippen molar-refractivity contribution in [2.45, 2.75) is 17.4 Å². The first kappa shape index (κ1) is 19.3. The monoisotopic (exact) mass is 401 g/mol. The molecule has 0 saturated carbocycles. The maximum absolute atomic E-state index is 11.2. The molecule has 0 spiro atoms. The van der Waals surface area contributed by atoms with Crippen LogP contribution in [-0.2, 0) is 0 Å². The van der Waals surface area contributed by atoms with Gasteiger partial charge in [-0.15, -0.1) is 10.2 Å². The Labute approximate surface area is 165 Å². The Bertz CT molecular complexity index is 869. The molecule has 6 nitrogen and oxygen atoms in total. The topological polar surface area (TPSA) is 84.3 Å². The quantitative estimate of drug-likeness (QED) is 0.414. The second-order valence-corrected chi connectivity index (χ2v) is 7.97. The summed E-state index contributed by atoms with van der Waals surface area (Å²) in [5.74, 6) is 1.08. The third-order valence-electron chi connectivity index (χ3n) is 3.53. The van der Waals surface area contributed by atoms with E-state index in [0.717, 1.165) is 10.0 Å². The molecule has 8 heteroatoms. The molecule has 1 aromatic heterocycles. The number of anilines is 2. The van der Waals surface area contributed by atoms with E-state index in [1.54, 1.807) is 24.3 Å². The summed E-state index contributed by atoms with van der Waals surface area (Å²) >= 11 is 2.87. The average molecular weight is 402 g/mol. The van der Waals surface area contributed by atoms with Gasteiger partial charge in [-0.25, -0.2) is 0 Å². The van der Waals surface area contributed by atoms with Crippen LogP contribution in [0.4, 0.5) is 10.8 Å². The summed E-state index contributed by atoms with van der Waals surface area (Å²) in [6.07, 6.45) is -0.642. The number of nitrogens with one attached hydrogen (secondary N) is 1. The Morgan fingerprint density at radius 2 is 1.93 bits per heavy atom. The van der Waals surface area contributed by atoms with Crippen molar-refractivity contribution in [2.24, 2.45) is 0 Å². The van der Waals surface area contributed by atoms with E-state index in [2.05, 4.69) is 15.5 Å². The third kappa shape index (κ3) is 6.06. The molecule has 0 aliphatic heterocycles. The molecule has 1 unspecified atom stereocenters. The fraction of sp³-hybridized carbons (Fsp3) is 0.211. The van der Waals surface area contributed by atoms with Crippen LogP contribution in [0.2, 0.25) is 0 Å². The maximum atomic E-state index is 11.2. The molecule has 3 aromatic rings. The smallest absolute Gasteiger partial charge is 0.210 e. The van der Waals surface area contributed by atoms with E-state index in [9.17, 15) is 9.90 Å². The van der Waals surface area contributed by atoms with Gasteiger partial charge < -0.3 is 15.2 Å². The number of aliphatic hydroxyl groups excluding tert-OH is 1. The molecular weight excluding hydrogens is 382 g/mol. The van der Waals surface area contributed by atoms with Gasteiger partial charge in [-0.05, 0) is 43.3 Å². The number of aliphatic hydroxyl groups is 1. The number of carbonyl (C=O) groups is 1. The van der Waals surface area contributed by atoms with Crippen LogP contribution < -0.4 is 10.1 Å². The highest BCUT2D eigenvalue weighted by Gasteiger charge is 2.10. The molecule has 2 N–H and O–H groups in total. The third-order valence-corrected chi connectivity index (χ3v) is 5.65. The zero-order chi connectivity index (χ0) is 19.1. The average Bonchev–Trinajstić information content (AvgIpc) is 3.13. The Morgan fingerprint density at radius 1 is 1.19 bits per heavy atom. The van der Waals surface area contributed by atoms with Gasteiger partial charge in [-0.3, -0.25) is 4.79 Å². The van der Waals surface area contributed by atoms with Crippen LogP contribution in [-0.4, -0.2) is 39.6 Å². The van der Waals surface area contributed by atoms with Crippen LogP contribution in [0.1, 0.15) is 17.3 Å². The molecule has 0 bridgehead atoms. The lowest BCUT2D eigenvalue weighted by Gasteiger charge is -2.11. The molecular formula is C19H19N3O3S2. The molecule has 1 atom stereocenters. The SMILES string of the molecule is CC(=O)c1ccc(OCC(O)CSc2nnc(Nc3ccccc3)s2)cc1. The first-order valence-corrected chi connectivity index (χ1v) is 10.1. The first-order valence-electron chi connectivity index (χ1n) is 8.30. The van der Waals surface area contributed by atoms with E-state index < -0.39 is 6.10 Å². The van der Waals surface area contributed by atoms with Crippen LogP contribution >= 0.6 is 23.1 Å². The number of aromatic nitrogens is 2. The number of hydrogen-bond acceptors (Lipinski definition) is 8. The molecule has 0 amide bonds. The predicted octanol–water partition coefficient (Wildman–Crippen LogP) is 4.02. The lowest BCUT2D eigenvalue weighted by atomic mass is 10.1. The Hall–Kier alpha value is -2.42. The lowest BCUT2D eigenvalue weighted by Crippen LogP contribution is -2.20. The van der Waals surface area contributed by atoms with Gasteiger partial charge in [0.1, 0.15) is 12.4 Å². The number of hydrogen-bond donors (Lipinski definition) is 2. The van der Waals surface area contributed by atoms with E-state index >= 15 is 0 Å². The van der Waals surface area contributed by atoms with Crippen molar-refractivity contribution in [1.82, 2.24) is 10.2 Å². The molecule has 0 saturated heterocycles. The second kappa shape index (κ2) is 9.50. The van der Waals surface area contributed by atoms with Crippen LogP contribution in [0, 0.1) is 0 Å². The zero-order valence-corrected chi connectivity index (χ0v) is 16.3. The van der Waals surface area contributed by atoms with Gasteiger partial charge in [-0.2, -0.15) is 0 Å². The molecule has 0 aliphatic carbocycles. The number of Topliss-reactive ketones (excluding diaryl/α,β-unsaturated/α-hetero) is 1. The van der Waals surface area contributed by atoms with Crippen LogP contribution in [0.5, 0.6) is 5.75 Å². The summed E-state index contributed by atoms with van der Waals surface area (Å²) in [5.41, 5.74) is 1.59. The minimum atomic E-state index is -0.642. The summed E-state index contributed by atoms with van der Waals surface area (Å²) in [5, 5.41) is 22.2. The lowest BCUT2D eigenvalue weighted by molar-refractivity contribution is 0.101. The highest BCUT2D eigenvalue weighted by atomic mass is 32.2. The fourth-order valence-corrected chi connectivity index (χ4v) is 3.86. The first-order chi connectivity index (χ1) is 13.1. The van der Waals surface area contributed by atoms with Crippen molar-refractivity contribution >= 4 is 39.7 Å². The van der Waals surface area contributed by atoms with Gasteiger partial charge in [0, 0.05) is 17.0 Å². The van der Waals surface area contributed by atoms with Crippen LogP contribution in [0.25, 0.3) is 0 Å². The summed E-state index contributed by atoms with van der Waals surface area (Å²) in [4.78, 5) is 11.2. The number of ether oxygens (including phenoxy) is 1. The zero-order valence-electron chi connectivity index (χ0n) is 14.7. The maximum Gasteiger partial charge on any atom is 0.210 e. The van der Waals surface area contributed by atoms with Gasteiger partial charge >= 0.3 is 0 Å². The van der Waals surface area contributed by atoms with Crippen molar-refractivity contribution in [1.29, 1.82) is 0 Å². The van der Waals surface area contributed by atoms with Gasteiger partial charge in [0.15, 0.2) is 10.1 Å². The largest absolute Gasteiger partial charge is 0.491 e. The molecule has 27 heavy (non-hydrogen) atoms. The van der Waals surface area contributed by atoms with Gasteiger partial charge in [-0.1, -0.05) is 41.3 Å². The Morgan fingerprint density at radius 3 is 2.63 bits per heavy atom. The van der Waals surface area contributed by atoms with E-state index in [1.807, 2.05) is 30.3 Å². The summed E-state index contributed by atoms with van der Waals surface area (Å²) in [7, 11) is 0. The summed E-state index contributed by atoms with van der Waals surface area (Å²) in [6, 6.07) is 16.6. The van der Waals surface area contributed by atoms with Gasteiger partial charge in [0.25, 0.3) is 0 Å². The minimum Gasteiger partial charge on any atom is -0.491 e. The van der Waals surface area contributed by atoms with E-state index in [4.69, 9.17) is 4.74 Å². The number of carbonyl (C=O) groups excluding carboxylic acids is 1. The van der Waals surface area contributed by atoms with Crippen molar-refractivity contribution in [3.63, 3.8) is 0 Å². The fourth-order valence-electron chi connectivity index (χ4n) is 2.16. The molecule has 3 rings (SSSR count).